The van der Waals surface area contributed by atoms with Crippen LogP contribution in [0.1, 0.15) is 26.5 Å². The first-order chi connectivity index (χ1) is 10.1. The van der Waals surface area contributed by atoms with Crippen LogP contribution in [0.5, 0.6) is 0 Å². The molecule has 0 atom stereocenters. The molecule has 6 nitrogen and oxygen atoms in total. The molecule has 1 rings (SSSR count). The molecule has 0 unspecified atom stereocenters. The lowest BCUT2D eigenvalue weighted by Gasteiger charge is -2.12. The first-order valence-corrected chi connectivity index (χ1v) is 7.33. The summed E-state index contributed by atoms with van der Waals surface area (Å²) in [6, 6.07) is 5.77. The number of nitrogens with one attached hydrogen (secondary N) is 3. The van der Waals surface area contributed by atoms with E-state index < -0.39 is 0 Å². The molecule has 1 amide bonds. The van der Waals surface area contributed by atoms with E-state index in [2.05, 4.69) is 25.9 Å². The molecule has 0 fully saturated rings. The van der Waals surface area contributed by atoms with Gasteiger partial charge < -0.3 is 16.0 Å². The van der Waals surface area contributed by atoms with Crippen LogP contribution in [0.4, 0.5) is 0 Å². The minimum atomic E-state index is 0.0102. The van der Waals surface area contributed by atoms with Gasteiger partial charge in [-0.1, -0.05) is 19.9 Å². The van der Waals surface area contributed by atoms with E-state index in [0.717, 1.165) is 18.2 Å². The van der Waals surface area contributed by atoms with Gasteiger partial charge in [-0.3, -0.25) is 9.78 Å². The monoisotopic (exact) mass is 291 g/mol. The van der Waals surface area contributed by atoms with E-state index in [-0.39, 0.29) is 11.8 Å². The van der Waals surface area contributed by atoms with E-state index in [0.29, 0.717) is 19.6 Å². The van der Waals surface area contributed by atoms with Crippen LogP contribution >= 0.6 is 0 Å². The van der Waals surface area contributed by atoms with Gasteiger partial charge >= 0.3 is 0 Å². The summed E-state index contributed by atoms with van der Waals surface area (Å²) in [4.78, 5) is 20.1. The van der Waals surface area contributed by atoms with E-state index >= 15 is 0 Å². The summed E-state index contributed by atoms with van der Waals surface area (Å²) in [7, 11) is 0. The summed E-state index contributed by atoms with van der Waals surface area (Å²) in [6.45, 7) is 8.28. The van der Waals surface area contributed by atoms with Crippen molar-refractivity contribution in [3.63, 3.8) is 0 Å². The number of nitrogens with zero attached hydrogens (tertiary/aromatic N) is 2. The van der Waals surface area contributed by atoms with Crippen molar-refractivity contribution < 1.29 is 4.79 Å². The highest BCUT2D eigenvalue weighted by atomic mass is 16.1. The highest BCUT2D eigenvalue weighted by Gasteiger charge is 2.05. The van der Waals surface area contributed by atoms with Crippen molar-refractivity contribution in [2.24, 2.45) is 10.9 Å². The molecule has 21 heavy (non-hydrogen) atoms. The zero-order chi connectivity index (χ0) is 15.5. The maximum absolute atomic E-state index is 11.4. The molecular weight excluding hydrogens is 266 g/mol. The van der Waals surface area contributed by atoms with Crippen molar-refractivity contribution in [1.82, 2.24) is 20.9 Å². The van der Waals surface area contributed by atoms with Gasteiger partial charge in [0.25, 0.3) is 0 Å². The summed E-state index contributed by atoms with van der Waals surface area (Å²) in [5.74, 6) is 0.797. The average Bonchev–Trinajstić information content (AvgIpc) is 2.49. The number of amides is 1. The van der Waals surface area contributed by atoms with Crippen LogP contribution in [0.25, 0.3) is 0 Å². The predicted molar refractivity (Wildman–Crippen MR) is 84.9 cm³/mol. The van der Waals surface area contributed by atoms with Gasteiger partial charge in [-0.2, -0.15) is 0 Å². The van der Waals surface area contributed by atoms with E-state index in [1.54, 1.807) is 6.20 Å². The molecule has 0 aliphatic heterocycles. The Balaban J connectivity index is 2.37. The molecule has 0 saturated heterocycles. The SMILES string of the molecule is CCNC(=NCc1ccccn1)NCCNC(=O)C(C)C. The van der Waals surface area contributed by atoms with E-state index in [1.165, 1.54) is 0 Å². The molecule has 0 aromatic carbocycles. The Morgan fingerprint density at radius 1 is 1.24 bits per heavy atom. The van der Waals surface area contributed by atoms with Crippen LogP contribution in [0.2, 0.25) is 0 Å². The Morgan fingerprint density at radius 3 is 2.62 bits per heavy atom. The highest BCUT2D eigenvalue weighted by Crippen LogP contribution is 1.95. The Bertz CT molecular complexity index is 445. The maximum Gasteiger partial charge on any atom is 0.222 e. The van der Waals surface area contributed by atoms with Crippen molar-refractivity contribution in [2.45, 2.75) is 27.3 Å². The number of aliphatic imine (C=N–C) groups is 1. The normalized spacial score (nSPS) is 11.3. The Hall–Kier alpha value is -2.11. The zero-order valence-electron chi connectivity index (χ0n) is 13.0. The van der Waals surface area contributed by atoms with Crippen molar-refractivity contribution in [1.29, 1.82) is 0 Å². The fourth-order valence-electron chi connectivity index (χ4n) is 1.56. The summed E-state index contributed by atoms with van der Waals surface area (Å²) < 4.78 is 0. The Labute approximate surface area is 126 Å². The van der Waals surface area contributed by atoms with Gasteiger partial charge in [-0.25, -0.2) is 4.99 Å². The molecule has 6 heteroatoms. The van der Waals surface area contributed by atoms with Gasteiger partial charge in [-0.05, 0) is 19.1 Å². The molecule has 3 N–H and O–H groups in total. The summed E-state index contributed by atoms with van der Waals surface area (Å²) >= 11 is 0. The first kappa shape index (κ1) is 16.9. The van der Waals surface area contributed by atoms with Crippen LogP contribution in [0.15, 0.2) is 29.4 Å². The second-order valence-electron chi connectivity index (χ2n) is 4.89. The number of hydrogen-bond donors (Lipinski definition) is 3. The molecule has 0 spiro atoms. The van der Waals surface area contributed by atoms with Gasteiger partial charge in [0.1, 0.15) is 0 Å². The molecule has 0 saturated carbocycles. The minimum absolute atomic E-state index is 0.0102. The number of carbonyl (C=O) groups is 1. The average molecular weight is 291 g/mol. The summed E-state index contributed by atoms with van der Waals surface area (Å²) in [6.07, 6.45) is 1.76. The topological polar surface area (TPSA) is 78.4 Å². The second kappa shape index (κ2) is 9.74. The third-order valence-corrected chi connectivity index (χ3v) is 2.71. The van der Waals surface area contributed by atoms with Gasteiger partial charge in [-0.15, -0.1) is 0 Å². The van der Waals surface area contributed by atoms with E-state index in [9.17, 15) is 4.79 Å². The van der Waals surface area contributed by atoms with Gasteiger partial charge in [0.15, 0.2) is 5.96 Å². The standard InChI is InChI=1S/C15H25N5O/c1-4-16-15(19-10-9-18-14(21)12(2)3)20-11-13-7-5-6-8-17-13/h5-8,12H,4,9-11H2,1-3H3,(H,18,21)(H2,16,19,20). The number of rotatable bonds is 7. The van der Waals surface area contributed by atoms with Gasteiger partial charge in [0.2, 0.25) is 5.91 Å². The van der Waals surface area contributed by atoms with Crippen LogP contribution in [0, 0.1) is 5.92 Å². The Morgan fingerprint density at radius 2 is 2.00 bits per heavy atom. The molecule has 116 valence electrons. The number of pyridine rings is 1. The molecule has 1 heterocycles. The largest absolute Gasteiger partial charge is 0.357 e. The lowest BCUT2D eigenvalue weighted by Crippen LogP contribution is -2.42. The lowest BCUT2D eigenvalue weighted by atomic mass is 10.2. The molecule has 0 bridgehead atoms. The third kappa shape index (κ3) is 7.29. The van der Waals surface area contributed by atoms with Crippen molar-refractivity contribution in [3.05, 3.63) is 30.1 Å². The molecule has 0 aliphatic rings. The van der Waals surface area contributed by atoms with Crippen molar-refractivity contribution in [3.8, 4) is 0 Å². The second-order valence-corrected chi connectivity index (χ2v) is 4.89. The van der Waals surface area contributed by atoms with Crippen LogP contribution < -0.4 is 16.0 Å². The molecule has 1 aromatic rings. The Kier molecular flexibility index (Phi) is 7.86. The fraction of sp³-hybridized carbons (Fsp3) is 0.533. The summed E-state index contributed by atoms with van der Waals surface area (Å²) in [5.41, 5.74) is 0.919. The van der Waals surface area contributed by atoms with Gasteiger partial charge in [0.05, 0.1) is 12.2 Å². The van der Waals surface area contributed by atoms with Crippen molar-refractivity contribution in [2.75, 3.05) is 19.6 Å². The number of aromatic nitrogens is 1. The van der Waals surface area contributed by atoms with E-state index in [4.69, 9.17) is 0 Å². The van der Waals surface area contributed by atoms with Crippen molar-refractivity contribution >= 4 is 11.9 Å². The highest BCUT2D eigenvalue weighted by molar-refractivity contribution is 5.80. The fourth-order valence-corrected chi connectivity index (χ4v) is 1.56. The molecule has 0 radical (unpaired) electrons. The smallest absolute Gasteiger partial charge is 0.222 e. The zero-order valence-corrected chi connectivity index (χ0v) is 13.0. The minimum Gasteiger partial charge on any atom is -0.357 e. The number of hydrogen-bond acceptors (Lipinski definition) is 3. The van der Waals surface area contributed by atoms with Crippen LogP contribution in [-0.2, 0) is 11.3 Å². The predicted octanol–water partition coefficient (Wildman–Crippen LogP) is 0.909. The quantitative estimate of drug-likeness (QED) is 0.396. The number of carbonyl (C=O) groups excluding carboxylic acids is 1. The molecular formula is C15H25N5O. The number of guanidine groups is 1. The third-order valence-electron chi connectivity index (χ3n) is 2.71. The molecule has 1 aromatic heterocycles. The summed E-state index contributed by atoms with van der Waals surface area (Å²) in [5, 5.41) is 9.20. The van der Waals surface area contributed by atoms with Gasteiger partial charge in [0, 0.05) is 31.7 Å². The molecule has 0 aliphatic carbocycles. The van der Waals surface area contributed by atoms with E-state index in [1.807, 2.05) is 39.0 Å². The maximum atomic E-state index is 11.4. The van der Waals surface area contributed by atoms with Crippen LogP contribution in [0.3, 0.4) is 0 Å². The first-order valence-electron chi connectivity index (χ1n) is 7.33. The van der Waals surface area contributed by atoms with Crippen LogP contribution in [-0.4, -0.2) is 36.5 Å². The lowest BCUT2D eigenvalue weighted by molar-refractivity contribution is -0.123.